The first-order valence-electron chi connectivity index (χ1n) is 9.68. The topological polar surface area (TPSA) is 57.0 Å². The molecular formula is C24H19Cl2N3O2. The van der Waals surface area contributed by atoms with Crippen molar-refractivity contribution in [1.29, 1.82) is 0 Å². The summed E-state index contributed by atoms with van der Waals surface area (Å²) in [6.07, 6.45) is 0. The molecule has 0 N–H and O–H groups in total. The maximum Gasteiger partial charge on any atom is 0.195 e. The number of nitrogens with zero attached hydrogens (tertiary/aromatic N) is 3. The number of ketones is 1. The van der Waals surface area contributed by atoms with Gasteiger partial charge >= 0.3 is 0 Å². The van der Waals surface area contributed by atoms with E-state index in [1.807, 2.05) is 48.5 Å². The van der Waals surface area contributed by atoms with Crippen molar-refractivity contribution >= 4 is 29.0 Å². The highest BCUT2D eigenvalue weighted by Gasteiger charge is 2.21. The number of carbonyl (C=O) groups excluding carboxylic acids is 1. The first-order valence-corrected chi connectivity index (χ1v) is 10.6. The maximum absolute atomic E-state index is 13.2. The Bertz CT molecular complexity index is 1180. The molecule has 0 spiro atoms. The number of hydrogen-bond acceptors (Lipinski definition) is 4. The molecule has 1 aromatic heterocycles. The molecule has 3 aromatic carbocycles. The SMILES string of the molecule is O=C(c1ccccc1)c1cc(Cl)ccc1-n1c(CCl)nnc1COCc1ccccc1. The second-order valence-electron chi connectivity index (χ2n) is 6.84. The minimum atomic E-state index is -0.150. The number of hydrogen-bond donors (Lipinski definition) is 0. The zero-order valence-electron chi connectivity index (χ0n) is 16.5. The first kappa shape index (κ1) is 21.2. The minimum absolute atomic E-state index is 0.132. The van der Waals surface area contributed by atoms with Crippen LogP contribution in [0.3, 0.4) is 0 Å². The molecule has 0 fully saturated rings. The predicted molar refractivity (Wildman–Crippen MR) is 121 cm³/mol. The van der Waals surface area contributed by atoms with E-state index in [1.54, 1.807) is 34.9 Å². The minimum Gasteiger partial charge on any atom is -0.369 e. The van der Waals surface area contributed by atoms with Gasteiger partial charge in [-0.2, -0.15) is 0 Å². The average molecular weight is 452 g/mol. The summed E-state index contributed by atoms with van der Waals surface area (Å²) in [6.45, 7) is 0.640. The van der Waals surface area contributed by atoms with E-state index in [-0.39, 0.29) is 18.3 Å². The van der Waals surface area contributed by atoms with Gasteiger partial charge in [0.1, 0.15) is 6.61 Å². The summed E-state index contributed by atoms with van der Waals surface area (Å²) >= 11 is 12.4. The highest BCUT2D eigenvalue weighted by atomic mass is 35.5. The standard InChI is InChI=1S/C24H19Cl2N3O2/c25-14-22-27-28-23(16-31-15-17-7-3-1-4-8-17)29(22)21-12-11-19(26)13-20(21)24(30)18-9-5-2-6-10-18/h1-13H,14-16H2. The van der Waals surface area contributed by atoms with E-state index in [0.717, 1.165) is 5.56 Å². The van der Waals surface area contributed by atoms with Crippen molar-refractivity contribution < 1.29 is 9.53 Å². The van der Waals surface area contributed by atoms with E-state index < -0.39 is 0 Å². The van der Waals surface area contributed by atoms with E-state index in [1.165, 1.54) is 0 Å². The van der Waals surface area contributed by atoms with Gasteiger partial charge in [0.25, 0.3) is 0 Å². The molecule has 0 bridgehead atoms. The highest BCUT2D eigenvalue weighted by molar-refractivity contribution is 6.31. The Labute approximate surface area is 190 Å². The third-order valence-electron chi connectivity index (χ3n) is 4.74. The van der Waals surface area contributed by atoms with Crippen LogP contribution >= 0.6 is 23.2 Å². The van der Waals surface area contributed by atoms with Crippen molar-refractivity contribution in [2.75, 3.05) is 0 Å². The van der Waals surface area contributed by atoms with Crippen LogP contribution in [0.5, 0.6) is 0 Å². The normalized spacial score (nSPS) is 10.9. The van der Waals surface area contributed by atoms with Crippen molar-refractivity contribution in [1.82, 2.24) is 14.8 Å². The van der Waals surface area contributed by atoms with Gasteiger partial charge in [-0.3, -0.25) is 9.36 Å². The third kappa shape index (κ3) is 4.85. The zero-order chi connectivity index (χ0) is 21.6. The van der Waals surface area contributed by atoms with Crippen LogP contribution in [-0.4, -0.2) is 20.5 Å². The molecule has 0 aliphatic rings. The van der Waals surface area contributed by atoms with Crippen LogP contribution in [0.1, 0.15) is 33.1 Å². The summed E-state index contributed by atoms with van der Waals surface area (Å²) < 4.78 is 7.63. The van der Waals surface area contributed by atoms with Gasteiger partial charge in [-0.25, -0.2) is 0 Å². The van der Waals surface area contributed by atoms with Crippen molar-refractivity contribution in [2.24, 2.45) is 0 Å². The fraction of sp³-hybridized carbons (Fsp3) is 0.125. The Hall–Kier alpha value is -2.99. The molecule has 7 heteroatoms. The fourth-order valence-corrected chi connectivity index (χ4v) is 3.62. The molecule has 1 heterocycles. The van der Waals surface area contributed by atoms with Crippen LogP contribution in [0.4, 0.5) is 0 Å². The Kier molecular flexibility index (Phi) is 6.77. The van der Waals surface area contributed by atoms with E-state index in [0.29, 0.717) is 40.1 Å². The molecule has 0 saturated carbocycles. The Balaban J connectivity index is 1.69. The molecule has 0 saturated heterocycles. The number of halogens is 2. The maximum atomic E-state index is 13.2. The van der Waals surface area contributed by atoms with E-state index in [4.69, 9.17) is 27.9 Å². The summed E-state index contributed by atoms with van der Waals surface area (Å²) in [4.78, 5) is 13.2. The summed E-state index contributed by atoms with van der Waals surface area (Å²) in [5.74, 6) is 1.05. The van der Waals surface area contributed by atoms with Gasteiger partial charge < -0.3 is 4.74 Å². The Morgan fingerprint density at radius 1 is 0.871 bits per heavy atom. The molecule has 0 aliphatic heterocycles. The van der Waals surface area contributed by atoms with Gasteiger partial charge in [0.05, 0.1) is 18.2 Å². The van der Waals surface area contributed by atoms with Gasteiger partial charge in [0.2, 0.25) is 0 Å². The number of rotatable bonds is 8. The smallest absolute Gasteiger partial charge is 0.195 e. The number of benzene rings is 3. The van der Waals surface area contributed by atoms with Gasteiger partial charge in [-0.15, -0.1) is 21.8 Å². The summed E-state index contributed by atoms with van der Waals surface area (Å²) in [7, 11) is 0. The monoisotopic (exact) mass is 451 g/mol. The second kappa shape index (κ2) is 9.88. The molecule has 0 radical (unpaired) electrons. The number of aromatic nitrogens is 3. The van der Waals surface area contributed by atoms with Crippen LogP contribution in [0.2, 0.25) is 5.02 Å². The van der Waals surface area contributed by atoms with Gasteiger partial charge in [-0.1, -0.05) is 72.3 Å². The Morgan fingerprint density at radius 3 is 2.26 bits per heavy atom. The number of alkyl halides is 1. The van der Waals surface area contributed by atoms with E-state index >= 15 is 0 Å². The molecule has 4 aromatic rings. The van der Waals surface area contributed by atoms with Crippen molar-refractivity contribution in [3.63, 3.8) is 0 Å². The molecule has 0 atom stereocenters. The van der Waals surface area contributed by atoms with Crippen LogP contribution in [0.25, 0.3) is 5.69 Å². The summed E-state index contributed by atoms with van der Waals surface area (Å²) in [6, 6.07) is 24.1. The zero-order valence-corrected chi connectivity index (χ0v) is 18.1. The number of ether oxygens (including phenoxy) is 1. The van der Waals surface area contributed by atoms with Crippen LogP contribution < -0.4 is 0 Å². The van der Waals surface area contributed by atoms with Gasteiger partial charge in [-0.05, 0) is 23.8 Å². The second-order valence-corrected chi connectivity index (χ2v) is 7.54. The van der Waals surface area contributed by atoms with Crippen LogP contribution in [0.15, 0.2) is 78.9 Å². The summed E-state index contributed by atoms with van der Waals surface area (Å²) in [5, 5.41) is 8.90. The van der Waals surface area contributed by atoms with Crippen molar-refractivity contribution in [3.8, 4) is 5.69 Å². The third-order valence-corrected chi connectivity index (χ3v) is 5.21. The fourth-order valence-electron chi connectivity index (χ4n) is 3.28. The molecule has 4 rings (SSSR count). The molecule has 0 amide bonds. The lowest BCUT2D eigenvalue weighted by molar-refractivity contribution is 0.100. The lowest BCUT2D eigenvalue weighted by Gasteiger charge is -2.14. The van der Waals surface area contributed by atoms with Gasteiger partial charge in [0, 0.05) is 16.1 Å². The average Bonchev–Trinajstić information content (AvgIpc) is 3.22. The lowest BCUT2D eigenvalue weighted by Crippen LogP contribution is -2.12. The molecule has 31 heavy (non-hydrogen) atoms. The number of carbonyl (C=O) groups is 1. The van der Waals surface area contributed by atoms with E-state index in [9.17, 15) is 4.79 Å². The first-order chi connectivity index (χ1) is 15.2. The quantitative estimate of drug-likeness (QED) is 0.258. The highest BCUT2D eigenvalue weighted by Crippen LogP contribution is 2.26. The molecule has 156 valence electrons. The lowest BCUT2D eigenvalue weighted by atomic mass is 10.0. The van der Waals surface area contributed by atoms with Crippen molar-refractivity contribution in [2.45, 2.75) is 19.1 Å². The van der Waals surface area contributed by atoms with E-state index in [2.05, 4.69) is 10.2 Å². The van der Waals surface area contributed by atoms with Crippen LogP contribution in [0, 0.1) is 0 Å². The summed E-state index contributed by atoms with van der Waals surface area (Å²) in [5.41, 5.74) is 2.66. The van der Waals surface area contributed by atoms with Crippen LogP contribution in [-0.2, 0) is 23.8 Å². The molecule has 5 nitrogen and oxygen atoms in total. The molecule has 0 aliphatic carbocycles. The molecular weight excluding hydrogens is 433 g/mol. The Morgan fingerprint density at radius 2 is 1.55 bits per heavy atom. The predicted octanol–water partition coefficient (Wildman–Crippen LogP) is 5.61. The largest absolute Gasteiger partial charge is 0.369 e. The van der Waals surface area contributed by atoms with Gasteiger partial charge in [0.15, 0.2) is 17.4 Å². The molecule has 0 unspecified atom stereocenters. The van der Waals surface area contributed by atoms with Crippen molar-refractivity contribution in [3.05, 3.63) is 112 Å².